The average Bonchev–Trinajstić information content (AvgIpc) is 3.60. The fourth-order valence-corrected chi connectivity index (χ4v) is 5.76. The van der Waals surface area contributed by atoms with Crippen LogP contribution in [-0.4, -0.2) is 53.7 Å². The number of nitrogens with zero attached hydrogens (tertiary/aromatic N) is 1. The fraction of sp³-hybridized carbons (Fsp3) is 0.464. The summed E-state index contributed by atoms with van der Waals surface area (Å²) in [7, 11) is 0. The molecule has 0 radical (unpaired) electrons. The zero-order valence-corrected chi connectivity index (χ0v) is 20.0. The fourth-order valence-electron chi connectivity index (χ4n) is 5.76. The molecule has 2 aliphatic carbocycles. The van der Waals surface area contributed by atoms with Gasteiger partial charge in [0.15, 0.2) is 0 Å². The van der Waals surface area contributed by atoms with E-state index in [-0.39, 0.29) is 30.3 Å². The largest absolute Gasteiger partial charge is 0.480 e. The van der Waals surface area contributed by atoms with Crippen LogP contribution in [0.5, 0.6) is 0 Å². The molecule has 2 aromatic rings. The number of hydrogen-bond donors (Lipinski definition) is 2. The highest BCUT2D eigenvalue weighted by Crippen LogP contribution is 2.44. The Labute approximate surface area is 205 Å². The standard InChI is InChI=1S/C28H32N2O5/c1-2-17-11-12-30(25(13-17)27(32)33)26(31)23-14-18(23)15-29-28(34)35-16-24-21-9-5-3-7-19(21)20-8-4-6-10-22(20)24/h3-10,17-18,23-25H,2,11-16H2,1H3,(H,29,34)(H,32,33)/t17?,18-,23-,25?/m1/s1. The second-order valence-corrected chi connectivity index (χ2v) is 9.99. The lowest BCUT2D eigenvalue weighted by molar-refractivity contribution is -0.154. The first kappa shape index (κ1) is 23.4. The quantitative estimate of drug-likeness (QED) is 0.622. The topological polar surface area (TPSA) is 95.9 Å². The molecule has 35 heavy (non-hydrogen) atoms. The number of alkyl carbamates (subject to hydrolysis) is 1. The van der Waals surface area contributed by atoms with Crippen molar-refractivity contribution in [1.29, 1.82) is 0 Å². The molecule has 4 atom stereocenters. The summed E-state index contributed by atoms with van der Waals surface area (Å²) in [5, 5.41) is 12.4. The summed E-state index contributed by atoms with van der Waals surface area (Å²) in [6.45, 7) is 3.17. The minimum atomic E-state index is -0.925. The number of aliphatic carboxylic acids is 1. The summed E-state index contributed by atoms with van der Waals surface area (Å²) in [4.78, 5) is 38.7. The van der Waals surface area contributed by atoms with Gasteiger partial charge in [-0.3, -0.25) is 4.79 Å². The van der Waals surface area contributed by atoms with Gasteiger partial charge in [0, 0.05) is 24.9 Å². The predicted molar refractivity (Wildman–Crippen MR) is 131 cm³/mol. The summed E-state index contributed by atoms with van der Waals surface area (Å²) in [5.74, 6) is -0.852. The van der Waals surface area contributed by atoms with E-state index < -0.39 is 18.1 Å². The highest BCUT2D eigenvalue weighted by atomic mass is 16.5. The molecule has 1 saturated carbocycles. The number of amides is 2. The maximum atomic E-state index is 13.0. The number of carbonyl (C=O) groups excluding carboxylic acids is 2. The zero-order valence-electron chi connectivity index (χ0n) is 20.0. The Kier molecular flexibility index (Phi) is 6.50. The van der Waals surface area contributed by atoms with Crippen molar-refractivity contribution < 1.29 is 24.2 Å². The third kappa shape index (κ3) is 4.64. The van der Waals surface area contributed by atoms with Crippen molar-refractivity contribution in [3.63, 3.8) is 0 Å². The van der Waals surface area contributed by atoms with Crippen molar-refractivity contribution in [2.24, 2.45) is 17.8 Å². The molecule has 3 aliphatic rings. The molecule has 1 aliphatic heterocycles. The van der Waals surface area contributed by atoms with Crippen molar-refractivity contribution in [1.82, 2.24) is 10.2 Å². The van der Waals surface area contributed by atoms with Crippen LogP contribution in [0.1, 0.15) is 49.7 Å². The number of carbonyl (C=O) groups is 3. The van der Waals surface area contributed by atoms with Gasteiger partial charge in [-0.1, -0.05) is 61.9 Å². The molecule has 1 heterocycles. The van der Waals surface area contributed by atoms with Crippen LogP contribution in [0.4, 0.5) is 4.79 Å². The number of hydrogen-bond acceptors (Lipinski definition) is 4. The SMILES string of the molecule is CCC1CCN(C(=O)[C@@H]2C[C@@H]2CNC(=O)OCC2c3ccccc3-c3ccccc32)C(C(=O)O)C1. The van der Waals surface area contributed by atoms with Gasteiger partial charge in [0.2, 0.25) is 5.91 Å². The van der Waals surface area contributed by atoms with Crippen molar-refractivity contribution in [3.05, 3.63) is 59.7 Å². The lowest BCUT2D eigenvalue weighted by Gasteiger charge is -2.37. The Morgan fingerprint density at radius 2 is 1.69 bits per heavy atom. The summed E-state index contributed by atoms with van der Waals surface area (Å²) in [6, 6.07) is 15.6. The number of piperidine rings is 1. The lowest BCUT2D eigenvalue weighted by atomic mass is 9.88. The molecule has 0 spiro atoms. The minimum absolute atomic E-state index is 0.00222. The molecule has 2 aromatic carbocycles. The maximum absolute atomic E-state index is 13.0. The minimum Gasteiger partial charge on any atom is -0.480 e. The van der Waals surface area contributed by atoms with Gasteiger partial charge >= 0.3 is 12.1 Å². The molecule has 2 N–H and O–H groups in total. The van der Waals surface area contributed by atoms with Gasteiger partial charge in [0.1, 0.15) is 12.6 Å². The summed E-state index contributed by atoms with van der Waals surface area (Å²) >= 11 is 0. The van der Waals surface area contributed by atoms with Crippen LogP contribution in [-0.2, 0) is 14.3 Å². The van der Waals surface area contributed by atoms with E-state index in [1.807, 2.05) is 24.3 Å². The Balaban J connectivity index is 1.12. The second-order valence-electron chi connectivity index (χ2n) is 9.99. The van der Waals surface area contributed by atoms with Gasteiger partial charge in [-0.05, 0) is 53.4 Å². The number of nitrogens with one attached hydrogen (secondary N) is 1. The number of ether oxygens (including phenoxy) is 1. The van der Waals surface area contributed by atoms with Crippen LogP contribution in [0.15, 0.2) is 48.5 Å². The molecule has 0 bridgehead atoms. The molecule has 7 heteroatoms. The first-order valence-electron chi connectivity index (χ1n) is 12.6. The molecule has 2 amide bonds. The van der Waals surface area contributed by atoms with E-state index in [1.54, 1.807) is 4.90 Å². The number of carboxylic acids is 1. The van der Waals surface area contributed by atoms with Gasteiger partial charge in [0.25, 0.3) is 0 Å². The molecule has 184 valence electrons. The number of rotatable bonds is 7. The highest BCUT2D eigenvalue weighted by molar-refractivity contribution is 5.87. The monoisotopic (exact) mass is 476 g/mol. The predicted octanol–water partition coefficient (Wildman–Crippen LogP) is 4.26. The molecular formula is C28H32N2O5. The molecule has 1 saturated heterocycles. The van der Waals surface area contributed by atoms with Crippen LogP contribution < -0.4 is 5.32 Å². The summed E-state index contributed by atoms with van der Waals surface area (Å²) in [5.41, 5.74) is 4.68. The van der Waals surface area contributed by atoms with E-state index >= 15 is 0 Å². The number of fused-ring (bicyclic) bond motifs is 3. The van der Waals surface area contributed by atoms with Crippen molar-refractivity contribution in [2.45, 2.75) is 44.6 Å². The smallest absolute Gasteiger partial charge is 0.407 e. The van der Waals surface area contributed by atoms with Gasteiger partial charge < -0.3 is 20.1 Å². The van der Waals surface area contributed by atoms with Gasteiger partial charge in [-0.2, -0.15) is 0 Å². The lowest BCUT2D eigenvalue weighted by Crippen LogP contribution is -2.50. The van der Waals surface area contributed by atoms with Crippen molar-refractivity contribution in [2.75, 3.05) is 19.7 Å². The number of likely N-dealkylation sites (tertiary alicyclic amines) is 1. The Bertz CT molecular complexity index is 1090. The van der Waals surface area contributed by atoms with Crippen LogP contribution in [0, 0.1) is 17.8 Å². The average molecular weight is 477 g/mol. The number of carboxylic acid groups (broad SMARTS) is 1. The Morgan fingerprint density at radius 1 is 1.03 bits per heavy atom. The maximum Gasteiger partial charge on any atom is 0.407 e. The Morgan fingerprint density at radius 3 is 2.31 bits per heavy atom. The molecule has 2 fully saturated rings. The summed E-state index contributed by atoms with van der Waals surface area (Å²) in [6.07, 6.45) is 2.48. The van der Waals surface area contributed by atoms with Crippen molar-refractivity contribution in [3.8, 4) is 11.1 Å². The second kappa shape index (κ2) is 9.72. The normalized spacial score (nSPS) is 24.9. The van der Waals surface area contributed by atoms with Gasteiger partial charge in [-0.25, -0.2) is 9.59 Å². The van der Waals surface area contributed by atoms with Crippen molar-refractivity contribution >= 4 is 18.0 Å². The van der Waals surface area contributed by atoms with Crippen LogP contribution >= 0.6 is 0 Å². The van der Waals surface area contributed by atoms with Gasteiger partial charge in [0.05, 0.1) is 0 Å². The first-order valence-corrected chi connectivity index (χ1v) is 12.6. The first-order chi connectivity index (χ1) is 17.0. The molecule has 0 aromatic heterocycles. The van der Waals surface area contributed by atoms with Gasteiger partial charge in [-0.15, -0.1) is 0 Å². The molecule has 7 nitrogen and oxygen atoms in total. The van der Waals surface area contributed by atoms with E-state index in [9.17, 15) is 19.5 Å². The van der Waals surface area contributed by atoms with Crippen LogP contribution in [0.25, 0.3) is 11.1 Å². The summed E-state index contributed by atoms with van der Waals surface area (Å²) < 4.78 is 5.58. The van der Waals surface area contributed by atoms with E-state index in [4.69, 9.17) is 4.74 Å². The van der Waals surface area contributed by atoms with E-state index in [0.29, 0.717) is 31.8 Å². The van der Waals surface area contributed by atoms with Crippen LogP contribution in [0.2, 0.25) is 0 Å². The highest BCUT2D eigenvalue weighted by Gasteiger charge is 2.48. The third-order valence-electron chi connectivity index (χ3n) is 7.95. The molecule has 2 unspecified atom stereocenters. The third-order valence-corrected chi connectivity index (χ3v) is 7.95. The van der Waals surface area contributed by atoms with E-state index in [2.05, 4.69) is 36.5 Å². The zero-order chi connectivity index (χ0) is 24.5. The Hall–Kier alpha value is -3.35. The van der Waals surface area contributed by atoms with Crippen LogP contribution in [0.3, 0.4) is 0 Å². The van der Waals surface area contributed by atoms with E-state index in [1.165, 1.54) is 11.1 Å². The molecule has 5 rings (SSSR count). The molecular weight excluding hydrogens is 444 g/mol. The number of benzene rings is 2. The van der Waals surface area contributed by atoms with E-state index in [0.717, 1.165) is 24.0 Å².